The third-order valence-corrected chi connectivity index (χ3v) is 4.31. The van der Waals surface area contributed by atoms with Crippen molar-refractivity contribution in [2.24, 2.45) is 0 Å². The fourth-order valence-corrected chi connectivity index (χ4v) is 2.41. The Morgan fingerprint density at radius 1 is 1.43 bits per heavy atom. The molecule has 1 aromatic rings. The molecule has 0 aliphatic heterocycles. The van der Waals surface area contributed by atoms with Crippen LogP contribution < -0.4 is 4.72 Å². The van der Waals surface area contributed by atoms with Crippen molar-refractivity contribution >= 4 is 21.4 Å². The summed E-state index contributed by atoms with van der Waals surface area (Å²) in [5, 5.41) is 0.817. The Morgan fingerprint density at radius 3 is 2.50 bits per heavy atom. The summed E-state index contributed by atoms with van der Waals surface area (Å²) in [5.41, 5.74) is 0.973. The summed E-state index contributed by atoms with van der Waals surface area (Å²) < 4.78 is 24.7. The standard InChI is InChI=1S/C8H14N2O2S2/c1-4-14(11,12)9-5-8-10-6(2)7(3)13-8/h9H,4-5H2,1-3H3. The van der Waals surface area contributed by atoms with Crippen molar-refractivity contribution in [3.63, 3.8) is 0 Å². The summed E-state index contributed by atoms with van der Waals surface area (Å²) >= 11 is 1.53. The number of thiazole rings is 1. The van der Waals surface area contributed by atoms with E-state index in [9.17, 15) is 8.42 Å². The number of sulfonamides is 1. The van der Waals surface area contributed by atoms with Crippen LogP contribution in [-0.2, 0) is 16.6 Å². The van der Waals surface area contributed by atoms with Gasteiger partial charge in [0.25, 0.3) is 0 Å². The Labute approximate surface area is 88.4 Å². The highest BCUT2D eigenvalue weighted by Crippen LogP contribution is 2.16. The zero-order valence-electron chi connectivity index (χ0n) is 8.49. The Hall–Kier alpha value is -0.460. The van der Waals surface area contributed by atoms with Gasteiger partial charge >= 0.3 is 0 Å². The molecule has 0 saturated heterocycles. The van der Waals surface area contributed by atoms with Gasteiger partial charge in [0.05, 0.1) is 18.0 Å². The highest BCUT2D eigenvalue weighted by atomic mass is 32.2. The van der Waals surface area contributed by atoms with Gasteiger partial charge in [0.15, 0.2) is 0 Å². The van der Waals surface area contributed by atoms with Crippen LogP contribution in [0.3, 0.4) is 0 Å². The summed E-state index contributed by atoms with van der Waals surface area (Å²) in [6, 6.07) is 0. The van der Waals surface area contributed by atoms with E-state index >= 15 is 0 Å². The molecule has 0 fully saturated rings. The molecule has 0 atom stereocenters. The lowest BCUT2D eigenvalue weighted by Gasteiger charge is -2.00. The minimum absolute atomic E-state index is 0.107. The van der Waals surface area contributed by atoms with Crippen LogP contribution in [0.15, 0.2) is 0 Å². The van der Waals surface area contributed by atoms with Crippen molar-refractivity contribution in [3.8, 4) is 0 Å². The van der Waals surface area contributed by atoms with Crippen LogP contribution >= 0.6 is 11.3 Å². The lowest BCUT2D eigenvalue weighted by molar-refractivity contribution is 0.582. The summed E-state index contributed by atoms with van der Waals surface area (Å²) in [6.45, 7) is 5.81. The molecule has 14 heavy (non-hydrogen) atoms. The fraction of sp³-hybridized carbons (Fsp3) is 0.625. The van der Waals surface area contributed by atoms with E-state index in [0.717, 1.165) is 15.6 Å². The van der Waals surface area contributed by atoms with E-state index in [1.54, 1.807) is 6.92 Å². The molecule has 6 heteroatoms. The van der Waals surface area contributed by atoms with Crippen molar-refractivity contribution in [3.05, 3.63) is 15.6 Å². The molecule has 80 valence electrons. The molecule has 1 N–H and O–H groups in total. The SMILES string of the molecule is CCS(=O)(=O)NCc1nc(C)c(C)s1. The predicted molar refractivity (Wildman–Crippen MR) is 57.9 cm³/mol. The minimum atomic E-state index is -3.10. The van der Waals surface area contributed by atoms with Crippen molar-refractivity contribution in [1.29, 1.82) is 0 Å². The van der Waals surface area contributed by atoms with Gasteiger partial charge in [0.2, 0.25) is 10.0 Å². The molecule has 0 radical (unpaired) electrons. The molecule has 0 aliphatic carbocycles. The normalized spacial score (nSPS) is 11.9. The van der Waals surface area contributed by atoms with Crippen LogP contribution in [-0.4, -0.2) is 19.2 Å². The summed E-state index contributed by atoms with van der Waals surface area (Å²) in [7, 11) is -3.10. The number of aryl methyl sites for hydroxylation is 2. The van der Waals surface area contributed by atoms with Gasteiger partial charge in [-0.3, -0.25) is 0 Å². The maximum atomic E-state index is 11.1. The monoisotopic (exact) mass is 234 g/mol. The smallest absolute Gasteiger partial charge is 0.211 e. The van der Waals surface area contributed by atoms with Crippen LogP contribution in [0.25, 0.3) is 0 Å². The topological polar surface area (TPSA) is 59.1 Å². The Morgan fingerprint density at radius 2 is 2.07 bits per heavy atom. The molecular formula is C8H14N2O2S2. The van der Waals surface area contributed by atoms with E-state index < -0.39 is 10.0 Å². The fourth-order valence-electron chi connectivity index (χ4n) is 0.889. The molecule has 0 aromatic carbocycles. The van der Waals surface area contributed by atoms with Crippen LogP contribution in [0.4, 0.5) is 0 Å². The van der Waals surface area contributed by atoms with Gasteiger partial charge in [-0.15, -0.1) is 11.3 Å². The number of nitrogens with one attached hydrogen (secondary N) is 1. The first kappa shape index (κ1) is 11.6. The third kappa shape index (κ3) is 3.04. The van der Waals surface area contributed by atoms with E-state index in [0.29, 0.717) is 6.54 Å². The van der Waals surface area contributed by atoms with Crippen molar-refractivity contribution in [2.75, 3.05) is 5.75 Å². The second-order valence-corrected chi connectivity index (χ2v) is 6.36. The average molecular weight is 234 g/mol. The van der Waals surface area contributed by atoms with E-state index in [1.807, 2.05) is 13.8 Å². The van der Waals surface area contributed by atoms with Crippen LogP contribution in [0, 0.1) is 13.8 Å². The first-order chi connectivity index (χ1) is 6.44. The molecule has 4 nitrogen and oxygen atoms in total. The van der Waals surface area contributed by atoms with Crippen LogP contribution in [0.2, 0.25) is 0 Å². The number of hydrogen-bond donors (Lipinski definition) is 1. The summed E-state index contributed by atoms with van der Waals surface area (Å²) in [6.07, 6.45) is 0. The second kappa shape index (κ2) is 4.37. The van der Waals surface area contributed by atoms with Gasteiger partial charge < -0.3 is 0 Å². The molecule has 0 amide bonds. The molecule has 0 aliphatic rings. The number of aromatic nitrogens is 1. The third-order valence-electron chi connectivity index (χ3n) is 1.90. The van der Waals surface area contributed by atoms with Crippen LogP contribution in [0.1, 0.15) is 22.5 Å². The Balaban J connectivity index is 2.63. The predicted octanol–water partition coefficient (Wildman–Crippen LogP) is 1.20. The largest absolute Gasteiger partial charge is 0.245 e. The molecule has 1 aromatic heterocycles. The van der Waals surface area contributed by atoms with Gasteiger partial charge in [-0.2, -0.15) is 0 Å². The average Bonchev–Trinajstić information content (AvgIpc) is 2.44. The van der Waals surface area contributed by atoms with Crippen molar-refractivity contribution < 1.29 is 8.42 Å². The van der Waals surface area contributed by atoms with E-state index in [1.165, 1.54) is 11.3 Å². The van der Waals surface area contributed by atoms with Gasteiger partial charge in [0, 0.05) is 4.88 Å². The molecule has 1 rings (SSSR count). The molecule has 0 spiro atoms. The van der Waals surface area contributed by atoms with Gasteiger partial charge in [-0.1, -0.05) is 0 Å². The number of rotatable bonds is 4. The molecule has 0 bridgehead atoms. The quantitative estimate of drug-likeness (QED) is 0.851. The highest BCUT2D eigenvalue weighted by Gasteiger charge is 2.08. The lowest BCUT2D eigenvalue weighted by Crippen LogP contribution is -2.24. The van der Waals surface area contributed by atoms with Gasteiger partial charge in [-0.25, -0.2) is 18.1 Å². The Bertz CT molecular complexity index is 389. The maximum Gasteiger partial charge on any atom is 0.211 e. The van der Waals surface area contributed by atoms with Crippen molar-refractivity contribution in [2.45, 2.75) is 27.3 Å². The van der Waals surface area contributed by atoms with E-state index in [4.69, 9.17) is 0 Å². The number of nitrogens with zero attached hydrogens (tertiary/aromatic N) is 1. The summed E-state index contributed by atoms with van der Waals surface area (Å²) in [4.78, 5) is 5.37. The highest BCUT2D eigenvalue weighted by molar-refractivity contribution is 7.89. The summed E-state index contributed by atoms with van der Waals surface area (Å²) in [5.74, 6) is 0.107. The van der Waals surface area contributed by atoms with Crippen LogP contribution in [0.5, 0.6) is 0 Å². The van der Waals surface area contributed by atoms with Gasteiger partial charge in [-0.05, 0) is 20.8 Å². The molecule has 1 heterocycles. The van der Waals surface area contributed by atoms with Crippen molar-refractivity contribution in [1.82, 2.24) is 9.71 Å². The zero-order valence-corrected chi connectivity index (χ0v) is 10.1. The zero-order chi connectivity index (χ0) is 10.8. The molecular weight excluding hydrogens is 220 g/mol. The number of hydrogen-bond acceptors (Lipinski definition) is 4. The minimum Gasteiger partial charge on any atom is -0.245 e. The van der Waals surface area contributed by atoms with E-state index in [-0.39, 0.29) is 5.75 Å². The first-order valence-electron chi connectivity index (χ1n) is 4.35. The van der Waals surface area contributed by atoms with E-state index in [2.05, 4.69) is 9.71 Å². The Kier molecular flexibility index (Phi) is 3.63. The lowest BCUT2D eigenvalue weighted by atomic mass is 10.4. The molecule has 0 saturated carbocycles. The maximum absolute atomic E-state index is 11.1. The molecule has 0 unspecified atom stereocenters. The first-order valence-corrected chi connectivity index (χ1v) is 6.81. The second-order valence-electron chi connectivity index (χ2n) is 2.97. The van der Waals surface area contributed by atoms with Gasteiger partial charge in [0.1, 0.15) is 5.01 Å².